The molecular weight excluding hydrogens is 198 g/mol. The highest BCUT2D eigenvalue weighted by Gasteiger charge is 2.10. The molecule has 3 nitrogen and oxygen atoms in total. The Bertz CT molecular complexity index is 373. The minimum absolute atomic E-state index is 0.231. The zero-order valence-corrected chi connectivity index (χ0v) is 8.55. The summed E-state index contributed by atoms with van der Waals surface area (Å²) in [4.78, 5) is 11.1. The molecule has 74 valence electrons. The van der Waals surface area contributed by atoms with Crippen LogP contribution >= 0.6 is 11.3 Å². The lowest BCUT2D eigenvalue weighted by molar-refractivity contribution is -0.380. The van der Waals surface area contributed by atoms with Gasteiger partial charge in [0.25, 0.3) is 0 Å². The van der Waals surface area contributed by atoms with Gasteiger partial charge < -0.3 is 0 Å². The van der Waals surface area contributed by atoms with Gasteiger partial charge in [-0.25, -0.2) is 0 Å². The van der Waals surface area contributed by atoms with Crippen LogP contribution in [-0.4, -0.2) is 4.92 Å². The molecule has 0 N–H and O–H groups in total. The second-order valence-electron chi connectivity index (χ2n) is 3.44. The molecule has 1 aromatic heterocycles. The largest absolute Gasteiger partial charge is 0.324 e. The smallest absolute Gasteiger partial charge is 0.258 e. The van der Waals surface area contributed by atoms with Gasteiger partial charge in [0.2, 0.25) is 0 Å². The van der Waals surface area contributed by atoms with Crippen molar-refractivity contribution in [2.24, 2.45) is 0 Å². The van der Waals surface area contributed by atoms with Crippen LogP contribution in [0.1, 0.15) is 30.6 Å². The zero-order valence-electron chi connectivity index (χ0n) is 7.73. The highest BCUT2D eigenvalue weighted by atomic mass is 32.1. The third kappa shape index (κ3) is 2.01. The molecule has 0 saturated heterocycles. The van der Waals surface area contributed by atoms with E-state index in [1.54, 1.807) is 6.07 Å². The van der Waals surface area contributed by atoms with Crippen LogP contribution in [0.4, 0.5) is 5.00 Å². The monoisotopic (exact) mass is 209 g/mol. The predicted octanol–water partition coefficient (Wildman–Crippen LogP) is 3.61. The number of nitro groups is 1. The average molecular weight is 209 g/mol. The summed E-state index contributed by atoms with van der Waals surface area (Å²) < 4.78 is 0. The molecule has 0 radical (unpaired) electrons. The Kier molecular flexibility index (Phi) is 2.63. The summed E-state index contributed by atoms with van der Waals surface area (Å²) in [5.41, 5.74) is 1.43. The standard InChI is InChI=1S/C10H11NO2S/c12-11(13)10-6-5-9(14-10)7-8-3-1-2-4-8/h5-7H,1-4H2. The number of hydrogen-bond acceptors (Lipinski definition) is 3. The molecule has 1 aliphatic rings. The van der Waals surface area contributed by atoms with Crippen LogP contribution in [0.15, 0.2) is 17.7 Å². The molecule has 1 saturated carbocycles. The maximum Gasteiger partial charge on any atom is 0.324 e. The van der Waals surface area contributed by atoms with Crippen LogP contribution in [0, 0.1) is 10.1 Å². The molecule has 14 heavy (non-hydrogen) atoms. The summed E-state index contributed by atoms with van der Waals surface area (Å²) in [6, 6.07) is 3.40. The number of nitrogens with zero attached hydrogens (tertiary/aromatic N) is 1. The fraction of sp³-hybridized carbons (Fsp3) is 0.400. The lowest BCUT2D eigenvalue weighted by atomic mass is 10.2. The Balaban J connectivity index is 2.16. The van der Waals surface area contributed by atoms with Crippen molar-refractivity contribution >= 4 is 22.4 Å². The fourth-order valence-electron chi connectivity index (χ4n) is 1.69. The highest BCUT2D eigenvalue weighted by molar-refractivity contribution is 7.16. The van der Waals surface area contributed by atoms with Crippen LogP contribution in [-0.2, 0) is 0 Å². The summed E-state index contributed by atoms with van der Waals surface area (Å²) in [5, 5.41) is 10.7. The first kappa shape index (κ1) is 9.40. The van der Waals surface area contributed by atoms with E-state index in [2.05, 4.69) is 6.08 Å². The summed E-state index contributed by atoms with van der Waals surface area (Å²) in [6.07, 6.45) is 6.95. The Morgan fingerprint density at radius 3 is 2.64 bits per heavy atom. The molecule has 1 fully saturated rings. The van der Waals surface area contributed by atoms with E-state index >= 15 is 0 Å². The predicted molar refractivity (Wildman–Crippen MR) is 57.4 cm³/mol. The minimum Gasteiger partial charge on any atom is -0.258 e. The quantitative estimate of drug-likeness (QED) is 0.551. The molecule has 1 heterocycles. The van der Waals surface area contributed by atoms with E-state index in [9.17, 15) is 10.1 Å². The molecule has 2 rings (SSSR count). The van der Waals surface area contributed by atoms with Gasteiger partial charge in [0, 0.05) is 10.9 Å². The van der Waals surface area contributed by atoms with Crippen LogP contribution in [0.2, 0.25) is 0 Å². The van der Waals surface area contributed by atoms with Crippen molar-refractivity contribution in [3.8, 4) is 0 Å². The van der Waals surface area contributed by atoms with E-state index in [4.69, 9.17) is 0 Å². The first-order valence-corrected chi connectivity index (χ1v) is 5.51. The normalized spacial score (nSPS) is 15.9. The molecule has 4 heteroatoms. The van der Waals surface area contributed by atoms with E-state index in [0.29, 0.717) is 0 Å². The average Bonchev–Trinajstić information content (AvgIpc) is 2.75. The van der Waals surface area contributed by atoms with E-state index in [1.165, 1.54) is 29.8 Å². The van der Waals surface area contributed by atoms with Crippen molar-refractivity contribution in [2.45, 2.75) is 25.7 Å². The van der Waals surface area contributed by atoms with E-state index in [1.807, 2.05) is 6.07 Å². The van der Waals surface area contributed by atoms with Gasteiger partial charge in [-0.05, 0) is 37.8 Å². The lowest BCUT2D eigenvalue weighted by Gasteiger charge is -1.91. The Morgan fingerprint density at radius 1 is 1.36 bits per heavy atom. The molecule has 0 unspecified atom stereocenters. The minimum atomic E-state index is -0.332. The van der Waals surface area contributed by atoms with Gasteiger partial charge >= 0.3 is 5.00 Å². The number of allylic oxidation sites excluding steroid dienone is 1. The van der Waals surface area contributed by atoms with Gasteiger partial charge in [0.1, 0.15) is 0 Å². The SMILES string of the molecule is O=[N+]([O-])c1ccc(C=C2CCCC2)s1. The first-order chi connectivity index (χ1) is 6.75. The van der Waals surface area contributed by atoms with Crippen molar-refractivity contribution in [1.29, 1.82) is 0 Å². The summed E-state index contributed by atoms with van der Waals surface area (Å²) in [6.45, 7) is 0. The molecule has 0 atom stereocenters. The topological polar surface area (TPSA) is 43.1 Å². The van der Waals surface area contributed by atoms with Crippen molar-refractivity contribution in [1.82, 2.24) is 0 Å². The number of hydrogen-bond donors (Lipinski definition) is 0. The third-order valence-corrected chi connectivity index (χ3v) is 3.37. The molecule has 0 amide bonds. The Labute approximate surface area is 86.2 Å². The second kappa shape index (κ2) is 3.92. The van der Waals surface area contributed by atoms with E-state index < -0.39 is 0 Å². The van der Waals surface area contributed by atoms with Crippen molar-refractivity contribution < 1.29 is 4.92 Å². The molecule has 0 aliphatic heterocycles. The molecular formula is C10H11NO2S. The van der Waals surface area contributed by atoms with Crippen molar-refractivity contribution in [3.63, 3.8) is 0 Å². The number of thiophene rings is 1. The van der Waals surface area contributed by atoms with Gasteiger partial charge in [-0.3, -0.25) is 10.1 Å². The molecule has 1 aliphatic carbocycles. The zero-order chi connectivity index (χ0) is 9.97. The van der Waals surface area contributed by atoms with Crippen molar-refractivity contribution in [3.05, 3.63) is 32.7 Å². The van der Waals surface area contributed by atoms with Crippen LogP contribution in [0.25, 0.3) is 6.08 Å². The Hall–Kier alpha value is -1.16. The van der Waals surface area contributed by atoms with Gasteiger partial charge in [-0.15, -0.1) is 0 Å². The fourth-order valence-corrected chi connectivity index (χ4v) is 2.51. The Morgan fingerprint density at radius 2 is 2.07 bits per heavy atom. The lowest BCUT2D eigenvalue weighted by Crippen LogP contribution is -1.80. The number of rotatable bonds is 2. The maximum absolute atomic E-state index is 10.4. The van der Waals surface area contributed by atoms with Crippen molar-refractivity contribution in [2.75, 3.05) is 0 Å². The second-order valence-corrected chi connectivity index (χ2v) is 4.54. The van der Waals surface area contributed by atoms with Gasteiger partial charge in [0.05, 0.1) is 4.92 Å². The highest BCUT2D eigenvalue weighted by Crippen LogP contribution is 2.30. The van der Waals surface area contributed by atoms with Gasteiger partial charge in [0.15, 0.2) is 0 Å². The third-order valence-electron chi connectivity index (χ3n) is 2.38. The summed E-state index contributed by atoms with van der Waals surface area (Å²) >= 11 is 1.25. The van der Waals surface area contributed by atoms with Crippen LogP contribution in [0.3, 0.4) is 0 Å². The molecule has 0 spiro atoms. The van der Waals surface area contributed by atoms with E-state index in [-0.39, 0.29) is 9.92 Å². The molecule has 0 bridgehead atoms. The van der Waals surface area contributed by atoms with Crippen LogP contribution < -0.4 is 0 Å². The first-order valence-electron chi connectivity index (χ1n) is 4.69. The van der Waals surface area contributed by atoms with Gasteiger partial charge in [-0.1, -0.05) is 16.9 Å². The maximum atomic E-state index is 10.4. The molecule has 1 aromatic rings. The summed E-state index contributed by atoms with van der Waals surface area (Å²) in [7, 11) is 0. The summed E-state index contributed by atoms with van der Waals surface area (Å²) in [5.74, 6) is 0. The van der Waals surface area contributed by atoms with E-state index in [0.717, 1.165) is 17.7 Å². The van der Waals surface area contributed by atoms with Crippen LogP contribution in [0.5, 0.6) is 0 Å². The van der Waals surface area contributed by atoms with Gasteiger partial charge in [-0.2, -0.15) is 0 Å². The molecule has 0 aromatic carbocycles.